The molecule has 1 aromatic heterocycles. The Labute approximate surface area is 172 Å². The van der Waals surface area contributed by atoms with Crippen LogP contribution in [0.4, 0.5) is 4.39 Å². The monoisotopic (exact) mass is 417 g/mol. The second-order valence-electron chi connectivity index (χ2n) is 6.98. The third-order valence-corrected chi connectivity index (χ3v) is 5.36. The van der Waals surface area contributed by atoms with E-state index in [0.717, 1.165) is 35.2 Å². The number of hydrogen-bond donors (Lipinski definition) is 0. The smallest absolute Gasteiger partial charge is 0.271 e. The van der Waals surface area contributed by atoms with E-state index in [1.165, 1.54) is 16.8 Å². The number of hydrogen-bond acceptors (Lipinski definition) is 3. The Bertz CT molecular complexity index is 1050. The molecule has 0 bridgehead atoms. The molecule has 0 amide bonds. The van der Waals surface area contributed by atoms with E-state index >= 15 is 0 Å². The summed E-state index contributed by atoms with van der Waals surface area (Å²) in [6.45, 7) is 2.22. The largest absolute Gasteiger partial charge is 0.294 e. The molecule has 0 spiro atoms. The van der Waals surface area contributed by atoms with Crippen molar-refractivity contribution in [3.05, 3.63) is 97.1 Å². The Morgan fingerprint density at radius 2 is 1.79 bits per heavy atom. The molecular weight excluding hydrogens is 400 g/mol. The third-order valence-electron chi connectivity index (χ3n) is 4.89. The number of nitrogens with zero attached hydrogens (tertiary/aromatic N) is 3. The number of halogens is 3. The first-order valence-electron chi connectivity index (χ1n) is 8.97. The van der Waals surface area contributed by atoms with Gasteiger partial charge in [-0.3, -0.25) is 9.69 Å². The molecule has 4 nitrogen and oxygen atoms in total. The molecule has 0 unspecified atom stereocenters. The molecule has 0 radical (unpaired) electrons. The van der Waals surface area contributed by atoms with Crippen LogP contribution in [0.3, 0.4) is 0 Å². The van der Waals surface area contributed by atoms with E-state index in [2.05, 4.69) is 10.00 Å². The Morgan fingerprint density at radius 1 is 1.00 bits per heavy atom. The predicted octanol–water partition coefficient (Wildman–Crippen LogP) is 4.30. The summed E-state index contributed by atoms with van der Waals surface area (Å²) in [5.41, 5.74) is 3.39. The summed E-state index contributed by atoms with van der Waals surface area (Å²) in [5.74, 6) is -0.352. The maximum absolute atomic E-state index is 13.6. The van der Waals surface area contributed by atoms with Crippen molar-refractivity contribution in [1.82, 2.24) is 14.7 Å². The van der Waals surface area contributed by atoms with Gasteiger partial charge in [0, 0.05) is 35.2 Å². The Kier molecular flexibility index (Phi) is 5.49. The van der Waals surface area contributed by atoms with E-state index in [9.17, 15) is 9.18 Å². The first-order chi connectivity index (χ1) is 13.5. The fourth-order valence-electron chi connectivity index (χ4n) is 3.50. The van der Waals surface area contributed by atoms with Crippen molar-refractivity contribution in [2.24, 2.45) is 0 Å². The summed E-state index contributed by atoms with van der Waals surface area (Å²) >= 11 is 11.9. The number of fused-ring (bicyclic) bond motifs is 1. The van der Waals surface area contributed by atoms with Gasteiger partial charge in [-0.2, -0.15) is 5.10 Å². The van der Waals surface area contributed by atoms with Gasteiger partial charge in [0.05, 0.1) is 12.7 Å². The van der Waals surface area contributed by atoms with E-state index in [4.69, 9.17) is 23.2 Å². The average Bonchev–Trinajstić information content (AvgIpc) is 2.65. The lowest BCUT2D eigenvalue weighted by Crippen LogP contribution is -2.37. The van der Waals surface area contributed by atoms with Crippen LogP contribution in [0.1, 0.15) is 22.3 Å². The van der Waals surface area contributed by atoms with Gasteiger partial charge < -0.3 is 0 Å². The van der Waals surface area contributed by atoms with Crippen LogP contribution >= 0.6 is 23.2 Å². The topological polar surface area (TPSA) is 38.1 Å². The minimum atomic E-state index is -0.352. The molecule has 1 aliphatic heterocycles. The van der Waals surface area contributed by atoms with Crippen molar-refractivity contribution in [2.45, 2.75) is 26.1 Å². The second-order valence-corrected chi connectivity index (χ2v) is 7.85. The van der Waals surface area contributed by atoms with E-state index < -0.39 is 0 Å². The predicted molar refractivity (Wildman–Crippen MR) is 108 cm³/mol. The molecule has 0 fully saturated rings. The van der Waals surface area contributed by atoms with Gasteiger partial charge in [0.15, 0.2) is 0 Å². The SMILES string of the molecule is O=c1c2c(cnn1Cc1ccc(Cl)cc1)CCN(Cc1cc(F)cc(Cl)c1)C2. The van der Waals surface area contributed by atoms with Crippen LogP contribution in [0.2, 0.25) is 10.0 Å². The van der Waals surface area contributed by atoms with Crippen LogP contribution < -0.4 is 5.56 Å². The standard InChI is InChI=1S/C21H18Cl2FN3O/c22-17-3-1-14(2-4-17)12-27-21(28)20-13-26(6-5-16(20)10-25-27)11-15-7-18(23)9-19(24)8-15/h1-4,7-10H,5-6,11-13H2. The molecule has 0 aliphatic carbocycles. The van der Waals surface area contributed by atoms with E-state index in [0.29, 0.717) is 29.7 Å². The van der Waals surface area contributed by atoms with Gasteiger partial charge in [-0.05, 0) is 53.4 Å². The maximum atomic E-state index is 13.6. The number of benzene rings is 2. The van der Waals surface area contributed by atoms with Crippen LogP contribution in [-0.2, 0) is 26.1 Å². The van der Waals surface area contributed by atoms with Gasteiger partial charge in [-0.25, -0.2) is 9.07 Å². The zero-order chi connectivity index (χ0) is 19.7. The zero-order valence-electron chi connectivity index (χ0n) is 15.0. The van der Waals surface area contributed by atoms with Crippen LogP contribution in [0.25, 0.3) is 0 Å². The summed E-state index contributed by atoms with van der Waals surface area (Å²) in [6.07, 6.45) is 2.52. The van der Waals surface area contributed by atoms with E-state index in [1.807, 2.05) is 12.1 Å². The molecule has 4 rings (SSSR count). The first-order valence-corrected chi connectivity index (χ1v) is 9.73. The molecule has 0 atom stereocenters. The van der Waals surface area contributed by atoms with Crippen molar-refractivity contribution in [2.75, 3.05) is 6.54 Å². The van der Waals surface area contributed by atoms with E-state index in [-0.39, 0.29) is 11.4 Å². The number of rotatable bonds is 4. The molecule has 0 N–H and O–H groups in total. The molecular formula is C21H18Cl2FN3O. The number of aromatic nitrogens is 2. The van der Waals surface area contributed by atoms with Gasteiger partial charge in [0.25, 0.3) is 5.56 Å². The lowest BCUT2D eigenvalue weighted by atomic mass is 10.0. The zero-order valence-corrected chi connectivity index (χ0v) is 16.5. The fraction of sp³-hybridized carbons (Fsp3) is 0.238. The summed E-state index contributed by atoms with van der Waals surface area (Å²) < 4.78 is 15.1. The Morgan fingerprint density at radius 3 is 2.54 bits per heavy atom. The highest BCUT2D eigenvalue weighted by Crippen LogP contribution is 2.20. The molecule has 28 heavy (non-hydrogen) atoms. The maximum Gasteiger partial charge on any atom is 0.271 e. The Hall–Kier alpha value is -2.21. The lowest BCUT2D eigenvalue weighted by Gasteiger charge is -2.28. The molecule has 2 aromatic carbocycles. The minimum absolute atomic E-state index is 0.0885. The van der Waals surface area contributed by atoms with Crippen LogP contribution in [0, 0.1) is 5.82 Å². The highest BCUT2D eigenvalue weighted by Gasteiger charge is 2.21. The second kappa shape index (κ2) is 8.03. The van der Waals surface area contributed by atoms with Crippen molar-refractivity contribution < 1.29 is 4.39 Å². The highest BCUT2D eigenvalue weighted by molar-refractivity contribution is 6.30. The molecule has 3 aromatic rings. The summed E-state index contributed by atoms with van der Waals surface area (Å²) in [4.78, 5) is 15.1. The minimum Gasteiger partial charge on any atom is -0.294 e. The van der Waals surface area contributed by atoms with Crippen molar-refractivity contribution in [3.63, 3.8) is 0 Å². The van der Waals surface area contributed by atoms with Gasteiger partial charge in [-0.1, -0.05) is 35.3 Å². The quantitative estimate of drug-likeness (QED) is 0.635. The molecule has 7 heteroatoms. The average molecular weight is 418 g/mol. The van der Waals surface area contributed by atoms with Crippen molar-refractivity contribution >= 4 is 23.2 Å². The molecule has 144 valence electrons. The summed E-state index contributed by atoms with van der Waals surface area (Å²) in [7, 11) is 0. The van der Waals surface area contributed by atoms with Gasteiger partial charge in [0.1, 0.15) is 5.82 Å². The summed E-state index contributed by atoms with van der Waals surface area (Å²) in [6, 6.07) is 11.9. The van der Waals surface area contributed by atoms with E-state index in [1.54, 1.807) is 24.4 Å². The molecule has 0 saturated heterocycles. The van der Waals surface area contributed by atoms with Crippen LogP contribution in [0.15, 0.2) is 53.5 Å². The molecule has 2 heterocycles. The highest BCUT2D eigenvalue weighted by atomic mass is 35.5. The molecule has 1 aliphatic rings. The van der Waals surface area contributed by atoms with Crippen LogP contribution in [-0.4, -0.2) is 21.2 Å². The van der Waals surface area contributed by atoms with Gasteiger partial charge >= 0.3 is 0 Å². The first kappa shape index (κ1) is 19.1. The Balaban J connectivity index is 1.55. The van der Waals surface area contributed by atoms with Crippen LogP contribution in [0.5, 0.6) is 0 Å². The van der Waals surface area contributed by atoms with Crippen molar-refractivity contribution in [1.29, 1.82) is 0 Å². The normalized spacial score (nSPS) is 14.1. The third kappa shape index (κ3) is 4.27. The molecule has 0 saturated carbocycles. The van der Waals surface area contributed by atoms with Gasteiger partial charge in [-0.15, -0.1) is 0 Å². The lowest BCUT2D eigenvalue weighted by molar-refractivity contribution is 0.242. The van der Waals surface area contributed by atoms with Crippen molar-refractivity contribution in [3.8, 4) is 0 Å². The fourth-order valence-corrected chi connectivity index (χ4v) is 3.87. The van der Waals surface area contributed by atoms with Gasteiger partial charge in [0.2, 0.25) is 0 Å². The summed E-state index contributed by atoms with van der Waals surface area (Å²) in [5, 5.41) is 5.36.